The van der Waals surface area contributed by atoms with Gasteiger partial charge in [0, 0.05) is 31.2 Å². The second kappa shape index (κ2) is 7.20. The predicted octanol–water partition coefficient (Wildman–Crippen LogP) is 2.74. The molecule has 0 saturated heterocycles. The Balaban J connectivity index is 0.000000861. The molecule has 2 rings (SSSR count). The van der Waals surface area contributed by atoms with Gasteiger partial charge < -0.3 is 4.57 Å². The van der Waals surface area contributed by atoms with Gasteiger partial charge in [-0.2, -0.15) is 0 Å². The minimum absolute atomic E-state index is 0.390. The third-order valence-corrected chi connectivity index (χ3v) is 2.27. The molecule has 2 heterocycles. The van der Waals surface area contributed by atoms with Crippen molar-refractivity contribution in [3.63, 3.8) is 0 Å². The number of aromatic nitrogens is 3. The van der Waals surface area contributed by atoms with Gasteiger partial charge in [-0.3, -0.25) is 15.0 Å². The van der Waals surface area contributed by atoms with Crippen molar-refractivity contribution in [1.29, 1.82) is 0 Å². The second-order valence-electron chi connectivity index (χ2n) is 3.34. The van der Waals surface area contributed by atoms with Gasteiger partial charge in [0.1, 0.15) is 11.3 Å². The standard InChI is InChI=1S/C12H11FN4.C2H6/c1-3-17-8-11(16-7-12(17)14-2)9-4-10(13)6-15-5-9;1-2/h3-8H,1H2,2H3;1-2H3. The van der Waals surface area contributed by atoms with Gasteiger partial charge in [0.15, 0.2) is 0 Å². The molecule has 0 radical (unpaired) electrons. The van der Waals surface area contributed by atoms with Gasteiger partial charge in [-0.15, -0.1) is 0 Å². The molecule has 19 heavy (non-hydrogen) atoms. The SMILES string of the molecule is C=Cn1cc(-c2cncc(F)c2)ncc1=NC.CC. The van der Waals surface area contributed by atoms with Crippen LogP contribution in [0.3, 0.4) is 0 Å². The maximum absolute atomic E-state index is 13.0. The van der Waals surface area contributed by atoms with Crippen molar-refractivity contribution >= 4 is 6.20 Å². The van der Waals surface area contributed by atoms with Gasteiger partial charge >= 0.3 is 0 Å². The maximum Gasteiger partial charge on any atom is 0.150 e. The first kappa shape index (κ1) is 14.8. The lowest BCUT2D eigenvalue weighted by atomic mass is 10.2. The van der Waals surface area contributed by atoms with Crippen LogP contribution in [0.2, 0.25) is 0 Å². The maximum atomic E-state index is 13.0. The molecule has 0 N–H and O–H groups in total. The van der Waals surface area contributed by atoms with Crippen molar-refractivity contribution in [3.05, 3.63) is 48.7 Å². The zero-order valence-electron chi connectivity index (χ0n) is 11.3. The van der Waals surface area contributed by atoms with Crippen LogP contribution >= 0.6 is 0 Å². The number of rotatable bonds is 2. The van der Waals surface area contributed by atoms with Gasteiger partial charge in [0.25, 0.3) is 0 Å². The van der Waals surface area contributed by atoms with Crippen LogP contribution in [-0.2, 0) is 0 Å². The third-order valence-electron chi connectivity index (χ3n) is 2.27. The molecule has 0 atom stereocenters. The molecule has 0 bridgehead atoms. The number of halogens is 1. The molecule has 0 saturated carbocycles. The highest BCUT2D eigenvalue weighted by molar-refractivity contribution is 5.56. The van der Waals surface area contributed by atoms with Crippen molar-refractivity contribution in [1.82, 2.24) is 14.5 Å². The van der Waals surface area contributed by atoms with E-state index in [0.29, 0.717) is 16.7 Å². The summed E-state index contributed by atoms with van der Waals surface area (Å²) in [5, 5.41) is 0. The lowest BCUT2D eigenvalue weighted by Gasteiger charge is -2.04. The molecule has 5 heteroatoms. The van der Waals surface area contributed by atoms with Crippen molar-refractivity contribution in [2.45, 2.75) is 13.8 Å². The second-order valence-corrected chi connectivity index (χ2v) is 3.34. The number of hydrogen-bond donors (Lipinski definition) is 0. The summed E-state index contributed by atoms with van der Waals surface area (Å²) in [7, 11) is 1.67. The molecule has 0 aliphatic heterocycles. The normalized spacial score (nSPS) is 10.6. The van der Waals surface area contributed by atoms with Crippen LogP contribution in [-0.4, -0.2) is 21.6 Å². The Morgan fingerprint density at radius 3 is 2.63 bits per heavy atom. The summed E-state index contributed by atoms with van der Waals surface area (Å²) in [5.41, 5.74) is 1.90. The molecule has 2 aromatic rings. The van der Waals surface area contributed by atoms with Crippen LogP contribution < -0.4 is 5.49 Å². The van der Waals surface area contributed by atoms with E-state index in [4.69, 9.17) is 0 Å². The molecule has 0 amide bonds. The van der Waals surface area contributed by atoms with Crippen LogP contribution in [0.4, 0.5) is 4.39 Å². The predicted molar refractivity (Wildman–Crippen MR) is 74.6 cm³/mol. The summed E-state index contributed by atoms with van der Waals surface area (Å²) in [4.78, 5) is 12.0. The van der Waals surface area contributed by atoms with E-state index in [0.717, 1.165) is 6.20 Å². The summed E-state index contributed by atoms with van der Waals surface area (Å²) in [6.45, 7) is 7.68. The Kier molecular flexibility index (Phi) is 5.60. The highest BCUT2D eigenvalue weighted by Crippen LogP contribution is 2.14. The zero-order valence-corrected chi connectivity index (χ0v) is 11.3. The van der Waals surface area contributed by atoms with E-state index in [1.165, 1.54) is 6.07 Å². The highest BCUT2D eigenvalue weighted by atomic mass is 19.1. The van der Waals surface area contributed by atoms with Crippen molar-refractivity contribution in [2.24, 2.45) is 4.99 Å². The molecule has 100 valence electrons. The fraction of sp³-hybridized carbons (Fsp3) is 0.214. The van der Waals surface area contributed by atoms with E-state index in [1.54, 1.807) is 36.4 Å². The van der Waals surface area contributed by atoms with Crippen LogP contribution in [0.25, 0.3) is 17.5 Å². The molecule has 0 unspecified atom stereocenters. The lowest BCUT2D eigenvalue weighted by molar-refractivity contribution is 0.622. The molecule has 0 aromatic carbocycles. The first-order valence-corrected chi connectivity index (χ1v) is 5.99. The van der Waals surface area contributed by atoms with E-state index in [1.807, 2.05) is 13.8 Å². The van der Waals surface area contributed by atoms with Gasteiger partial charge in [-0.1, -0.05) is 20.4 Å². The smallest absolute Gasteiger partial charge is 0.150 e. The molecule has 0 aliphatic rings. The molecule has 0 aliphatic carbocycles. The van der Waals surface area contributed by atoms with Crippen LogP contribution in [0.1, 0.15) is 13.8 Å². The van der Waals surface area contributed by atoms with Gasteiger partial charge in [-0.05, 0) is 6.07 Å². The molecular formula is C14H17FN4. The summed E-state index contributed by atoms with van der Waals surface area (Å²) in [6, 6.07) is 1.38. The van der Waals surface area contributed by atoms with Crippen LogP contribution in [0, 0.1) is 5.82 Å². The molecular weight excluding hydrogens is 243 g/mol. The monoisotopic (exact) mass is 260 g/mol. The quantitative estimate of drug-likeness (QED) is 0.833. The molecule has 4 nitrogen and oxygen atoms in total. The van der Waals surface area contributed by atoms with Crippen LogP contribution in [0.15, 0.2) is 42.4 Å². The topological polar surface area (TPSA) is 43.1 Å². The minimum Gasteiger partial charge on any atom is -0.306 e. The van der Waals surface area contributed by atoms with E-state index < -0.39 is 5.82 Å². The summed E-state index contributed by atoms with van der Waals surface area (Å²) in [6.07, 6.45) is 7.65. The molecule has 0 spiro atoms. The van der Waals surface area contributed by atoms with Gasteiger partial charge in [0.05, 0.1) is 18.1 Å². The van der Waals surface area contributed by atoms with Crippen molar-refractivity contribution in [3.8, 4) is 11.3 Å². The average molecular weight is 260 g/mol. The van der Waals surface area contributed by atoms with Gasteiger partial charge in [-0.25, -0.2) is 4.39 Å². The van der Waals surface area contributed by atoms with Crippen molar-refractivity contribution in [2.75, 3.05) is 7.05 Å². The highest BCUT2D eigenvalue weighted by Gasteiger charge is 2.02. The molecule has 0 fully saturated rings. The first-order valence-electron chi connectivity index (χ1n) is 5.99. The third kappa shape index (κ3) is 3.58. The largest absolute Gasteiger partial charge is 0.306 e. The Hall–Kier alpha value is -2.30. The molecule has 2 aromatic heterocycles. The zero-order chi connectivity index (χ0) is 14.3. The Bertz CT molecular complexity index is 617. The van der Waals surface area contributed by atoms with Crippen LogP contribution in [0.5, 0.6) is 0 Å². The number of hydrogen-bond acceptors (Lipinski definition) is 3. The minimum atomic E-state index is -0.390. The lowest BCUT2D eigenvalue weighted by Crippen LogP contribution is -2.16. The summed E-state index contributed by atoms with van der Waals surface area (Å²) >= 11 is 0. The fourth-order valence-electron chi connectivity index (χ4n) is 1.45. The number of pyridine rings is 1. The van der Waals surface area contributed by atoms with Crippen molar-refractivity contribution < 1.29 is 4.39 Å². The first-order chi connectivity index (χ1) is 9.24. The Morgan fingerprint density at radius 1 is 1.32 bits per heavy atom. The summed E-state index contributed by atoms with van der Waals surface area (Å²) < 4.78 is 14.8. The Morgan fingerprint density at radius 2 is 2.05 bits per heavy atom. The van der Waals surface area contributed by atoms with Gasteiger partial charge in [0.2, 0.25) is 0 Å². The summed E-state index contributed by atoms with van der Waals surface area (Å²) in [5.74, 6) is -0.390. The van der Waals surface area contributed by atoms with E-state index in [2.05, 4.69) is 21.5 Å². The van der Waals surface area contributed by atoms with E-state index in [-0.39, 0.29) is 0 Å². The average Bonchev–Trinajstić information content (AvgIpc) is 2.48. The Labute approximate surface area is 112 Å². The number of nitrogens with zero attached hydrogens (tertiary/aromatic N) is 4. The van der Waals surface area contributed by atoms with E-state index >= 15 is 0 Å². The fourth-order valence-corrected chi connectivity index (χ4v) is 1.45. The van der Waals surface area contributed by atoms with E-state index in [9.17, 15) is 4.39 Å².